The van der Waals surface area contributed by atoms with Crippen LogP contribution in [-0.4, -0.2) is 47.9 Å². The molecule has 20 heavy (non-hydrogen) atoms. The van der Waals surface area contributed by atoms with Gasteiger partial charge in [0.25, 0.3) is 0 Å². The van der Waals surface area contributed by atoms with Crippen LogP contribution in [0, 0.1) is 5.92 Å². The predicted molar refractivity (Wildman–Crippen MR) is 84.8 cm³/mol. The highest BCUT2D eigenvalue weighted by Crippen LogP contribution is 2.13. The van der Waals surface area contributed by atoms with Crippen molar-refractivity contribution < 1.29 is 9.59 Å². The molecule has 5 heteroatoms. The van der Waals surface area contributed by atoms with E-state index in [0.29, 0.717) is 18.9 Å². The van der Waals surface area contributed by atoms with E-state index in [0.717, 1.165) is 25.8 Å². The SMILES string of the molecule is CSCCCCCN1CCC(=O)NC(CC(C)C)C1=O. The summed E-state index contributed by atoms with van der Waals surface area (Å²) < 4.78 is 0. The first-order chi connectivity index (χ1) is 9.54. The number of nitrogens with one attached hydrogen (secondary N) is 1. The van der Waals surface area contributed by atoms with Gasteiger partial charge in [-0.1, -0.05) is 20.3 Å². The van der Waals surface area contributed by atoms with Crippen LogP contribution in [0.3, 0.4) is 0 Å². The Balaban J connectivity index is 2.47. The molecule has 1 N–H and O–H groups in total. The zero-order valence-electron chi connectivity index (χ0n) is 13.0. The molecule has 1 aliphatic rings. The summed E-state index contributed by atoms with van der Waals surface area (Å²) in [7, 11) is 0. The molecule has 116 valence electrons. The number of amides is 2. The Morgan fingerprint density at radius 2 is 2.05 bits per heavy atom. The second-order valence-corrected chi connectivity index (χ2v) is 6.86. The summed E-state index contributed by atoms with van der Waals surface area (Å²) in [6.45, 7) is 5.52. The molecule has 0 aromatic rings. The van der Waals surface area contributed by atoms with Gasteiger partial charge in [-0.05, 0) is 37.2 Å². The first-order valence-corrected chi connectivity index (χ1v) is 9.01. The molecule has 1 rings (SSSR count). The molecule has 0 bridgehead atoms. The number of unbranched alkanes of at least 4 members (excludes halogenated alkanes) is 2. The molecule has 1 heterocycles. The Kier molecular flexibility index (Phi) is 8.04. The van der Waals surface area contributed by atoms with Gasteiger partial charge >= 0.3 is 0 Å². The molecule has 1 fully saturated rings. The summed E-state index contributed by atoms with van der Waals surface area (Å²) in [5.74, 6) is 1.71. The van der Waals surface area contributed by atoms with Crippen molar-refractivity contribution in [3.8, 4) is 0 Å². The maximum absolute atomic E-state index is 12.5. The molecule has 1 saturated heterocycles. The molecule has 1 unspecified atom stereocenters. The third-order valence-electron chi connectivity index (χ3n) is 3.54. The zero-order valence-corrected chi connectivity index (χ0v) is 13.8. The summed E-state index contributed by atoms with van der Waals surface area (Å²) in [6, 6.07) is -0.323. The lowest BCUT2D eigenvalue weighted by molar-refractivity contribution is -0.134. The Morgan fingerprint density at radius 1 is 1.30 bits per heavy atom. The molecular weight excluding hydrogens is 272 g/mol. The number of carbonyl (C=O) groups is 2. The van der Waals surface area contributed by atoms with Crippen LogP contribution in [0.25, 0.3) is 0 Å². The number of hydrogen-bond donors (Lipinski definition) is 1. The van der Waals surface area contributed by atoms with Crippen molar-refractivity contribution in [1.82, 2.24) is 10.2 Å². The molecule has 4 nitrogen and oxygen atoms in total. The van der Waals surface area contributed by atoms with Crippen LogP contribution in [0.15, 0.2) is 0 Å². The van der Waals surface area contributed by atoms with E-state index in [-0.39, 0.29) is 17.9 Å². The van der Waals surface area contributed by atoms with Gasteiger partial charge in [-0.3, -0.25) is 9.59 Å². The van der Waals surface area contributed by atoms with Crippen molar-refractivity contribution in [2.24, 2.45) is 5.92 Å². The minimum absolute atomic E-state index is 0.00822. The van der Waals surface area contributed by atoms with E-state index in [1.54, 1.807) is 0 Å². The topological polar surface area (TPSA) is 49.4 Å². The van der Waals surface area contributed by atoms with Gasteiger partial charge in [0.1, 0.15) is 6.04 Å². The summed E-state index contributed by atoms with van der Waals surface area (Å²) in [4.78, 5) is 26.0. The van der Waals surface area contributed by atoms with Gasteiger partial charge < -0.3 is 10.2 Å². The molecule has 0 saturated carbocycles. The van der Waals surface area contributed by atoms with Crippen molar-refractivity contribution >= 4 is 23.6 Å². The maximum atomic E-state index is 12.5. The predicted octanol–water partition coefficient (Wildman–Crippen LogP) is 2.28. The molecule has 1 atom stereocenters. The van der Waals surface area contributed by atoms with Gasteiger partial charge in [0.15, 0.2) is 0 Å². The Hall–Kier alpha value is -0.710. The second-order valence-electron chi connectivity index (χ2n) is 5.88. The van der Waals surface area contributed by atoms with E-state index in [1.165, 1.54) is 12.2 Å². The van der Waals surface area contributed by atoms with Gasteiger partial charge in [-0.25, -0.2) is 0 Å². The van der Waals surface area contributed by atoms with E-state index in [9.17, 15) is 9.59 Å². The third kappa shape index (κ3) is 6.16. The van der Waals surface area contributed by atoms with Crippen molar-refractivity contribution in [2.45, 2.75) is 52.0 Å². The number of thioether (sulfide) groups is 1. The second kappa shape index (κ2) is 9.27. The van der Waals surface area contributed by atoms with Gasteiger partial charge in [0.2, 0.25) is 11.8 Å². The van der Waals surface area contributed by atoms with E-state index in [2.05, 4.69) is 25.4 Å². The lowest BCUT2D eigenvalue weighted by atomic mass is 10.0. The molecule has 0 aromatic carbocycles. The summed E-state index contributed by atoms with van der Waals surface area (Å²) in [5.41, 5.74) is 0. The fraction of sp³-hybridized carbons (Fsp3) is 0.867. The monoisotopic (exact) mass is 300 g/mol. The summed E-state index contributed by atoms with van der Waals surface area (Å²) in [6.07, 6.45) is 6.68. The van der Waals surface area contributed by atoms with E-state index >= 15 is 0 Å². The van der Waals surface area contributed by atoms with E-state index in [1.807, 2.05) is 16.7 Å². The van der Waals surface area contributed by atoms with Crippen LogP contribution in [0.5, 0.6) is 0 Å². The number of nitrogens with zero attached hydrogens (tertiary/aromatic N) is 1. The smallest absolute Gasteiger partial charge is 0.245 e. The van der Waals surface area contributed by atoms with E-state index in [4.69, 9.17) is 0 Å². The Morgan fingerprint density at radius 3 is 2.70 bits per heavy atom. The standard InChI is InChI=1S/C15H28N2O2S/c1-12(2)11-13-15(19)17(9-7-14(18)16-13)8-5-4-6-10-20-3/h12-13H,4-11H2,1-3H3,(H,16,18). The zero-order chi connectivity index (χ0) is 15.0. The van der Waals surface area contributed by atoms with Crippen LogP contribution in [0.4, 0.5) is 0 Å². The van der Waals surface area contributed by atoms with Gasteiger partial charge in [0, 0.05) is 19.5 Å². The largest absolute Gasteiger partial charge is 0.344 e. The van der Waals surface area contributed by atoms with E-state index < -0.39 is 0 Å². The number of carbonyl (C=O) groups excluding carboxylic acids is 2. The molecule has 0 aliphatic carbocycles. The highest BCUT2D eigenvalue weighted by Gasteiger charge is 2.29. The molecular formula is C15H28N2O2S. The van der Waals surface area contributed by atoms with Crippen LogP contribution in [0.1, 0.15) is 46.0 Å². The summed E-state index contributed by atoms with van der Waals surface area (Å²) >= 11 is 1.86. The Labute approximate surface area is 127 Å². The Bertz CT molecular complexity index is 321. The molecule has 2 amide bonds. The lowest BCUT2D eigenvalue weighted by Crippen LogP contribution is -2.45. The van der Waals surface area contributed by atoms with Gasteiger partial charge in [-0.15, -0.1) is 0 Å². The van der Waals surface area contributed by atoms with Crippen LogP contribution >= 0.6 is 11.8 Å². The molecule has 1 aliphatic heterocycles. The molecule has 0 radical (unpaired) electrons. The summed E-state index contributed by atoms with van der Waals surface area (Å²) in [5, 5.41) is 2.87. The minimum Gasteiger partial charge on any atom is -0.344 e. The van der Waals surface area contributed by atoms with Crippen molar-refractivity contribution in [1.29, 1.82) is 0 Å². The number of rotatable bonds is 8. The fourth-order valence-electron chi connectivity index (χ4n) is 2.47. The first-order valence-electron chi connectivity index (χ1n) is 7.61. The van der Waals surface area contributed by atoms with Gasteiger partial charge in [0.05, 0.1) is 0 Å². The van der Waals surface area contributed by atoms with Crippen LogP contribution < -0.4 is 5.32 Å². The molecule has 0 spiro atoms. The highest BCUT2D eigenvalue weighted by atomic mass is 32.2. The van der Waals surface area contributed by atoms with Crippen LogP contribution in [-0.2, 0) is 9.59 Å². The normalized spacial score (nSPS) is 20.2. The third-order valence-corrected chi connectivity index (χ3v) is 4.23. The van der Waals surface area contributed by atoms with Crippen molar-refractivity contribution in [3.63, 3.8) is 0 Å². The van der Waals surface area contributed by atoms with Crippen molar-refractivity contribution in [2.75, 3.05) is 25.1 Å². The number of hydrogen-bond acceptors (Lipinski definition) is 3. The minimum atomic E-state index is -0.323. The molecule has 0 aromatic heterocycles. The van der Waals surface area contributed by atoms with Crippen LogP contribution in [0.2, 0.25) is 0 Å². The lowest BCUT2D eigenvalue weighted by Gasteiger charge is -2.25. The average molecular weight is 300 g/mol. The van der Waals surface area contributed by atoms with Crippen molar-refractivity contribution in [3.05, 3.63) is 0 Å². The maximum Gasteiger partial charge on any atom is 0.245 e. The highest BCUT2D eigenvalue weighted by molar-refractivity contribution is 7.98. The fourth-order valence-corrected chi connectivity index (χ4v) is 2.97. The van der Waals surface area contributed by atoms with Gasteiger partial charge in [-0.2, -0.15) is 11.8 Å². The average Bonchev–Trinajstić information content (AvgIpc) is 2.51. The first kappa shape index (κ1) is 17.3. The quantitative estimate of drug-likeness (QED) is 0.700.